The van der Waals surface area contributed by atoms with E-state index >= 15 is 0 Å². The summed E-state index contributed by atoms with van der Waals surface area (Å²) in [6.45, 7) is 7.28. The summed E-state index contributed by atoms with van der Waals surface area (Å²) in [6, 6.07) is 8.67. The first-order chi connectivity index (χ1) is 10.3. The van der Waals surface area contributed by atoms with E-state index in [0.717, 1.165) is 13.1 Å². The highest BCUT2D eigenvalue weighted by atomic mass is 32.1. The summed E-state index contributed by atoms with van der Waals surface area (Å²) >= 11 is 1.88. The first-order valence-corrected chi connectivity index (χ1v) is 8.55. The monoisotopic (exact) mass is 299 g/mol. The van der Waals surface area contributed by atoms with Crippen LogP contribution in [-0.4, -0.2) is 41.0 Å². The van der Waals surface area contributed by atoms with Crippen molar-refractivity contribution >= 4 is 11.3 Å². The van der Waals surface area contributed by atoms with Crippen LogP contribution in [0.15, 0.2) is 42.0 Å². The van der Waals surface area contributed by atoms with Gasteiger partial charge in [0.1, 0.15) is 0 Å². The number of pyridine rings is 1. The van der Waals surface area contributed by atoms with Crippen LogP contribution in [0.5, 0.6) is 0 Å². The molecule has 2 saturated heterocycles. The molecule has 1 spiro atoms. The topological polar surface area (TPSA) is 19.4 Å². The molecule has 4 heterocycles. The Morgan fingerprint density at radius 1 is 1.05 bits per heavy atom. The maximum absolute atomic E-state index is 4.10. The number of hydrogen-bond donors (Lipinski definition) is 0. The molecule has 4 rings (SSSR count). The van der Waals surface area contributed by atoms with Gasteiger partial charge in [-0.2, -0.15) is 0 Å². The van der Waals surface area contributed by atoms with Gasteiger partial charge in [-0.1, -0.05) is 6.07 Å². The Hall–Kier alpha value is -1.23. The lowest BCUT2D eigenvalue weighted by atomic mass is 9.79. The standard InChI is InChI=1S/C17H21N3S/c1-2-16(21-9-1)11-20-13-17(14-20)5-8-19(12-17)10-15-3-6-18-7-4-15/h1-4,6-7,9H,5,8,10-14H2. The van der Waals surface area contributed by atoms with Crippen molar-refractivity contribution in [3.05, 3.63) is 52.5 Å². The first-order valence-electron chi connectivity index (χ1n) is 7.67. The molecule has 0 aromatic carbocycles. The molecule has 0 amide bonds. The van der Waals surface area contributed by atoms with Crippen molar-refractivity contribution < 1.29 is 0 Å². The summed E-state index contributed by atoms with van der Waals surface area (Å²) in [7, 11) is 0. The van der Waals surface area contributed by atoms with Gasteiger partial charge < -0.3 is 0 Å². The van der Waals surface area contributed by atoms with Gasteiger partial charge in [-0.05, 0) is 42.1 Å². The second-order valence-corrected chi connectivity index (χ2v) is 7.57. The van der Waals surface area contributed by atoms with Crippen molar-refractivity contribution in [1.82, 2.24) is 14.8 Å². The van der Waals surface area contributed by atoms with E-state index in [1.165, 1.54) is 43.0 Å². The molecule has 3 nitrogen and oxygen atoms in total. The molecule has 2 aliphatic heterocycles. The third-order valence-electron chi connectivity index (χ3n) is 4.75. The molecule has 2 aliphatic rings. The van der Waals surface area contributed by atoms with E-state index in [1.54, 1.807) is 0 Å². The van der Waals surface area contributed by atoms with Crippen molar-refractivity contribution in [2.45, 2.75) is 19.5 Å². The first kappa shape index (κ1) is 13.4. The van der Waals surface area contributed by atoms with Crippen LogP contribution in [-0.2, 0) is 13.1 Å². The molecular weight excluding hydrogens is 278 g/mol. The second-order valence-electron chi connectivity index (χ2n) is 6.54. The summed E-state index contributed by atoms with van der Waals surface area (Å²) in [5, 5.41) is 2.18. The maximum atomic E-state index is 4.10. The highest BCUT2D eigenvalue weighted by Crippen LogP contribution is 2.40. The van der Waals surface area contributed by atoms with Crippen molar-refractivity contribution in [3.8, 4) is 0 Å². The number of nitrogens with zero attached hydrogens (tertiary/aromatic N) is 3. The zero-order chi connectivity index (χ0) is 14.1. The SMILES string of the molecule is c1csc(CN2CC3(CCN(Cc4ccncc4)C3)C2)c1. The fraction of sp³-hybridized carbons (Fsp3) is 0.471. The van der Waals surface area contributed by atoms with Crippen LogP contribution in [0.2, 0.25) is 0 Å². The lowest BCUT2D eigenvalue weighted by Crippen LogP contribution is -2.56. The van der Waals surface area contributed by atoms with Crippen LogP contribution in [0.25, 0.3) is 0 Å². The molecule has 2 aromatic rings. The van der Waals surface area contributed by atoms with E-state index < -0.39 is 0 Å². The highest BCUT2D eigenvalue weighted by Gasteiger charge is 2.47. The van der Waals surface area contributed by atoms with Gasteiger partial charge in [0.05, 0.1) is 0 Å². The Labute approximate surface area is 130 Å². The minimum Gasteiger partial charge on any atom is -0.298 e. The van der Waals surface area contributed by atoms with Gasteiger partial charge in [0.15, 0.2) is 0 Å². The van der Waals surface area contributed by atoms with Crippen molar-refractivity contribution in [3.63, 3.8) is 0 Å². The molecule has 0 saturated carbocycles. The van der Waals surface area contributed by atoms with Crippen molar-refractivity contribution in [2.24, 2.45) is 5.41 Å². The largest absolute Gasteiger partial charge is 0.298 e. The number of likely N-dealkylation sites (tertiary alicyclic amines) is 2. The number of hydrogen-bond acceptors (Lipinski definition) is 4. The number of aromatic nitrogens is 1. The average Bonchev–Trinajstić information content (AvgIpc) is 3.10. The summed E-state index contributed by atoms with van der Waals surface area (Å²) in [5.41, 5.74) is 1.96. The molecule has 0 radical (unpaired) electrons. The van der Waals surface area contributed by atoms with Crippen LogP contribution in [0.4, 0.5) is 0 Å². The van der Waals surface area contributed by atoms with Gasteiger partial charge in [0.25, 0.3) is 0 Å². The zero-order valence-electron chi connectivity index (χ0n) is 12.2. The Kier molecular flexibility index (Phi) is 3.53. The number of rotatable bonds is 4. The van der Waals surface area contributed by atoms with Crippen LogP contribution < -0.4 is 0 Å². The van der Waals surface area contributed by atoms with Crippen LogP contribution >= 0.6 is 11.3 Å². The molecule has 2 fully saturated rings. The minimum atomic E-state index is 0.574. The summed E-state index contributed by atoms with van der Waals surface area (Å²) < 4.78 is 0. The predicted octanol–water partition coefficient (Wildman–Crippen LogP) is 2.85. The molecule has 0 bridgehead atoms. The summed E-state index contributed by atoms with van der Waals surface area (Å²) in [6.07, 6.45) is 5.15. The molecule has 0 aliphatic carbocycles. The van der Waals surface area contributed by atoms with Gasteiger partial charge in [-0.3, -0.25) is 14.8 Å². The Balaban J connectivity index is 1.29. The highest BCUT2D eigenvalue weighted by molar-refractivity contribution is 7.09. The Morgan fingerprint density at radius 3 is 2.62 bits per heavy atom. The van der Waals surface area contributed by atoms with Crippen LogP contribution in [0, 0.1) is 5.41 Å². The smallest absolute Gasteiger partial charge is 0.0328 e. The molecule has 0 atom stereocenters. The van der Waals surface area contributed by atoms with E-state index in [2.05, 4.69) is 44.4 Å². The Bertz CT molecular complexity index is 575. The van der Waals surface area contributed by atoms with Gasteiger partial charge in [-0.15, -0.1) is 11.3 Å². The van der Waals surface area contributed by atoms with Gasteiger partial charge in [0, 0.05) is 55.4 Å². The van der Waals surface area contributed by atoms with E-state index in [-0.39, 0.29) is 0 Å². The fourth-order valence-electron chi connectivity index (χ4n) is 3.80. The quantitative estimate of drug-likeness (QED) is 0.865. The average molecular weight is 299 g/mol. The van der Waals surface area contributed by atoms with Crippen molar-refractivity contribution in [1.29, 1.82) is 0 Å². The molecule has 0 N–H and O–H groups in total. The van der Waals surface area contributed by atoms with Gasteiger partial charge in [0.2, 0.25) is 0 Å². The van der Waals surface area contributed by atoms with Crippen LogP contribution in [0.1, 0.15) is 16.9 Å². The molecule has 4 heteroatoms. The van der Waals surface area contributed by atoms with E-state index in [9.17, 15) is 0 Å². The number of thiophene rings is 1. The normalized spacial score (nSPS) is 21.7. The van der Waals surface area contributed by atoms with Gasteiger partial charge in [-0.25, -0.2) is 0 Å². The van der Waals surface area contributed by atoms with Crippen LogP contribution in [0.3, 0.4) is 0 Å². The summed E-state index contributed by atoms with van der Waals surface area (Å²) in [5.74, 6) is 0. The minimum absolute atomic E-state index is 0.574. The van der Waals surface area contributed by atoms with E-state index in [4.69, 9.17) is 0 Å². The second kappa shape index (κ2) is 5.52. The third-order valence-corrected chi connectivity index (χ3v) is 5.61. The summed E-state index contributed by atoms with van der Waals surface area (Å²) in [4.78, 5) is 10.8. The molecule has 110 valence electrons. The predicted molar refractivity (Wildman–Crippen MR) is 86.2 cm³/mol. The van der Waals surface area contributed by atoms with Crippen molar-refractivity contribution in [2.75, 3.05) is 26.2 Å². The van der Waals surface area contributed by atoms with Gasteiger partial charge >= 0.3 is 0 Å². The molecule has 21 heavy (non-hydrogen) atoms. The van der Waals surface area contributed by atoms with E-state index in [0.29, 0.717) is 5.41 Å². The third kappa shape index (κ3) is 2.89. The lowest BCUT2D eigenvalue weighted by Gasteiger charge is -2.48. The lowest BCUT2D eigenvalue weighted by molar-refractivity contribution is 0.00233. The van der Waals surface area contributed by atoms with E-state index in [1.807, 2.05) is 23.7 Å². The fourth-order valence-corrected chi connectivity index (χ4v) is 4.55. The maximum Gasteiger partial charge on any atom is 0.0328 e. The zero-order valence-corrected chi connectivity index (χ0v) is 13.1. The Morgan fingerprint density at radius 2 is 1.86 bits per heavy atom. The molecular formula is C17H21N3S. The molecule has 0 unspecified atom stereocenters. The molecule has 2 aromatic heterocycles.